The van der Waals surface area contributed by atoms with Crippen molar-refractivity contribution in [3.05, 3.63) is 0 Å². The largest absolute Gasteiger partial charge is 2.00 e. The molecule has 0 rings (SSSR count). The Morgan fingerprint density at radius 1 is 1.06 bits per heavy atom. The van der Waals surface area contributed by atoms with Gasteiger partial charge in [-0.3, -0.25) is 4.57 Å². The van der Waals surface area contributed by atoms with Gasteiger partial charge in [0, 0.05) is 0 Å². The molecule has 112 valence electrons. The number of aliphatic hydroxyl groups excluding tert-OH is 1. The molecule has 0 radical (unpaired) electrons. The summed E-state index contributed by atoms with van der Waals surface area (Å²) in [5.41, 5.74) is 0. The first-order valence-electron chi connectivity index (χ1n) is 3.16. The third kappa shape index (κ3) is 126. The summed E-state index contributed by atoms with van der Waals surface area (Å²) in [6.45, 7) is 1.11. The molecule has 0 bridgehead atoms. The summed E-state index contributed by atoms with van der Waals surface area (Å²) in [7, 11) is 6.16. The van der Waals surface area contributed by atoms with Gasteiger partial charge in [0.1, 0.15) is 6.54 Å². The molecule has 7 nitrogen and oxygen atoms in total. The van der Waals surface area contributed by atoms with Crippen LogP contribution in [0.4, 0.5) is 0 Å². The fraction of sp³-hybridized carbons (Fsp3) is 1.00. The van der Waals surface area contributed by atoms with E-state index < -0.39 is 5.20 Å². The van der Waals surface area contributed by atoms with Crippen LogP contribution in [0.25, 0.3) is 0 Å². The van der Waals surface area contributed by atoms with E-state index in [0.29, 0.717) is 0 Å². The summed E-state index contributed by atoms with van der Waals surface area (Å²) in [5, 5.41) is 5.16. The van der Waals surface area contributed by atoms with Gasteiger partial charge in [0.05, 0.1) is 27.7 Å². The Bertz CT molecular complexity index is 167. The zero-order valence-electron chi connectivity index (χ0n) is 12.0. The summed E-state index contributed by atoms with van der Waals surface area (Å²) in [6, 6.07) is 0. The van der Waals surface area contributed by atoms with Crippen LogP contribution in [0, 0.1) is 0 Å². The Hall–Kier alpha value is 2.12. The topological polar surface area (TPSA) is 163 Å². The third-order valence-electron chi connectivity index (χ3n) is 0.771. The Labute approximate surface area is 149 Å². The molecular formula is C5H24CaCl3NO6P+. The van der Waals surface area contributed by atoms with E-state index in [0.717, 1.165) is 11.0 Å². The molecule has 0 saturated heterocycles. The van der Waals surface area contributed by atoms with Gasteiger partial charge < -0.3 is 34.3 Å². The Kier molecular flexibility index (Phi) is 51.4. The number of quaternary nitrogens is 1. The molecule has 0 aromatic carbocycles. The summed E-state index contributed by atoms with van der Waals surface area (Å²) >= 11 is 13.8. The fourth-order valence-corrected chi connectivity index (χ4v) is 0.300. The molecule has 12 heteroatoms. The van der Waals surface area contributed by atoms with Crippen LogP contribution in [-0.2, 0) is 4.57 Å². The SMILES string of the molecule is C[N+](C)(C)CCO.O.O.O.O.O=P(Cl)(Cl)Cl.[Ca+2].[H-].[H-]. The maximum atomic E-state index is 9.51. The first-order valence-corrected chi connectivity index (χ1v) is 7.59. The molecule has 0 amide bonds. The van der Waals surface area contributed by atoms with Gasteiger partial charge in [-0.05, 0) is 33.7 Å². The van der Waals surface area contributed by atoms with Crippen LogP contribution in [0.1, 0.15) is 2.85 Å². The number of aliphatic hydroxyl groups is 1. The third-order valence-corrected chi connectivity index (χ3v) is 0.771. The van der Waals surface area contributed by atoms with Crippen molar-refractivity contribution < 1.29 is 38.9 Å². The van der Waals surface area contributed by atoms with Crippen LogP contribution in [0.3, 0.4) is 0 Å². The minimum absolute atomic E-state index is 0. The molecule has 0 heterocycles. The van der Waals surface area contributed by atoms with Gasteiger partial charge in [-0.2, -0.15) is 0 Å². The van der Waals surface area contributed by atoms with Crippen molar-refractivity contribution in [3.63, 3.8) is 0 Å². The average Bonchev–Trinajstić information content (AvgIpc) is 1.54. The van der Waals surface area contributed by atoms with Crippen molar-refractivity contribution in [1.29, 1.82) is 0 Å². The second-order valence-corrected chi connectivity index (χ2v) is 9.78. The van der Waals surface area contributed by atoms with E-state index in [-0.39, 0.29) is 69.1 Å². The molecule has 0 unspecified atom stereocenters. The van der Waals surface area contributed by atoms with Gasteiger partial charge >= 0.3 is 42.9 Å². The molecule has 0 aliphatic rings. The van der Waals surface area contributed by atoms with E-state index in [1.165, 1.54) is 0 Å². The van der Waals surface area contributed by atoms with Gasteiger partial charge in [0.25, 0.3) is 0 Å². The molecule has 0 aliphatic heterocycles. The smallest absolute Gasteiger partial charge is 1.00 e. The van der Waals surface area contributed by atoms with E-state index >= 15 is 0 Å². The van der Waals surface area contributed by atoms with Crippen molar-refractivity contribution in [2.45, 2.75) is 0 Å². The van der Waals surface area contributed by atoms with Crippen LogP contribution in [0.2, 0.25) is 0 Å². The van der Waals surface area contributed by atoms with Gasteiger partial charge in [0.15, 0.2) is 0 Å². The minimum Gasteiger partial charge on any atom is -1.00 e. The quantitative estimate of drug-likeness (QED) is 0.376. The molecular weight excluding hydrogens is 347 g/mol. The molecule has 0 aliphatic carbocycles. The van der Waals surface area contributed by atoms with Gasteiger partial charge in [-0.1, -0.05) is 0 Å². The van der Waals surface area contributed by atoms with Gasteiger partial charge in [-0.15, -0.1) is 0 Å². The van der Waals surface area contributed by atoms with E-state index in [1.54, 1.807) is 0 Å². The second-order valence-electron chi connectivity index (χ2n) is 3.14. The van der Waals surface area contributed by atoms with Crippen molar-refractivity contribution in [3.8, 4) is 0 Å². The van der Waals surface area contributed by atoms with E-state index in [9.17, 15) is 4.57 Å². The fourth-order valence-electron chi connectivity index (χ4n) is 0.300. The van der Waals surface area contributed by atoms with Crippen LogP contribution >= 0.6 is 38.9 Å². The predicted octanol–water partition coefficient (Wildman–Crippen LogP) is -0.959. The Morgan fingerprint density at radius 2 is 1.24 bits per heavy atom. The number of hydrogen-bond donors (Lipinski definition) is 1. The van der Waals surface area contributed by atoms with Crippen LogP contribution < -0.4 is 0 Å². The Balaban J connectivity index is -0.0000000112. The molecule has 9 N–H and O–H groups in total. The molecule has 0 aromatic heterocycles. The van der Waals surface area contributed by atoms with Crippen LogP contribution in [0.15, 0.2) is 0 Å². The molecule has 0 atom stereocenters. The average molecular weight is 372 g/mol. The monoisotopic (exact) mass is 370 g/mol. The molecule has 17 heavy (non-hydrogen) atoms. The van der Waals surface area contributed by atoms with Crippen molar-refractivity contribution in [2.24, 2.45) is 0 Å². The van der Waals surface area contributed by atoms with Crippen molar-refractivity contribution in [2.75, 3.05) is 34.3 Å². The van der Waals surface area contributed by atoms with Gasteiger partial charge in [-0.25, -0.2) is 0 Å². The maximum absolute atomic E-state index is 9.51. The zero-order valence-corrected chi connectivity index (χ0v) is 15.4. The van der Waals surface area contributed by atoms with Crippen LogP contribution in [0.5, 0.6) is 0 Å². The summed E-state index contributed by atoms with van der Waals surface area (Å²) in [6.07, 6.45) is 0. The van der Waals surface area contributed by atoms with E-state index in [2.05, 4.69) is 54.9 Å². The molecule has 0 saturated carbocycles. The summed E-state index contributed by atoms with van der Waals surface area (Å²) in [5.74, 6) is 0. The number of likely N-dealkylation sites (N-methyl/N-ethyl adjacent to an activating group) is 1. The first-order chi connectivity index (χ1) is 5.06. The summed E-state index contributed by atoms with van der Waals surface area (Å²) < 4.78 is 10.4. The first kappa shape index (κ1) is 42.7. The standard InChI is InChI=1S/C5H14NO.Ca.Cl3OP.4H2O.2H/c1-6(2,3)4-5-7;;1-5(2,3)4;;;;;;/h7H,4-5H2,1-3H3;;;4*1H2;;/q+1;+2;;;;;;2*-1. The van der Waals surface area contributed by atoms with E-state index in [4.69, 9.17) is 5.11 Å². The number of nitrogens with zero attached hydrogens (tertiary/aromatic N) is 1. The van der Waals surface area contributed by atoms with Crippen LogP contribution in [-0.4, -0.2) is 104 Å². The predicted molar refractivity (Wildman–Crippen MR) is 77.6 cm³/mol. The van der Waals surface area contributed by atoms with Gasteiger partial charge in [0.2, 0.25) is 0 Å². The maximum Gasteiger partial charge on any atom is 2.00 e. The minimum atomic E-state index is -3.22. The molecule has 0 spiro atoms. The number of halogens is 3. The molecule has 0 aromatic rings. The van der Waals surface area contributed by atoms with E-state index in [1.807, 2.05) is 0 Å². The Morgan fingerprint density at radius 3 is 1.24 bits per heavy atom. The molecule has 0 fully saturated rings. The van der Waals surface area contributed by atoms with Crippen molar-refractivity contribution >= 4 is 76.7 Å². The number of hydrogen-bond acceptors (Lipinski definition) is 2. The normalized spacial score (nSPS) is 8.41. The number of rotatable bonds is 2. The summed E-state index contributed by atoms with van der Waals surface area (Å²) in [4.78, 5) is 0. The van der Waals surface area contributed by atoms with Crippen molar-refractivity contribution in [1.82, 2.24) is 0 Å². The second kappa shape index (κ2) is 20.4. The zero-order chi connectivity index (χ0) is 10.4.